The molecular weight excluding hydrogens is 382 g/mol. The highest BCUT2D eigenvalue weighted by Gasteiger charge is 2.25. The van der Waals surface area contributed by atoms with Gasteiger partial charge in [-0.05, 0) is 84.8 Å². The second-order valence-electron chi connectivity index (χ2n) is 7.55. The lowest BCUT2D eigenvalue weighted by atomic mass is 9.88. The molecule has 7 heteroatoms. The normalized spacial score (nSPS) is 16.9. The topological polar surface area (TPSA) is 72.7 Å². The highest BCUT2D eigenvalue weighted by Crippen LogP contribution is 2.30. The summed E-state index contributed by atoms with van der Waals surface area (Å²) in [5.74, 6) is 0.00587. The number of amides is 1. The number of thioether (sulfide) groups is 1. The minimum absolute atomic E-state index is 0.00587. The lowest BCUT2D eigenvalue weighted by Gasteiger charge is -2.27. The Labute approximate surface area is 175 Å². The van der Waals surface area contributed by atoms with Crippen LogP contribution in [0.25, 0.3) is 5.69 Å². The van der Waals surface area contributed by atoms with E-state index in [1.165, 1.54) is 34.0 Å². The van der Waals surface area contributed by atoms with Crippen molar-refractivity contribution in [3.05, 3.63) is 64.7 Å². The molecule has 3 aromatic rings. The van der Waals surface area contributed by atoms with Crippen molar-refractivity contribution in [3.63, 3.8) is 0 Å². The maximum Gasteiger partial charge on any atom is 0.233 e. The van der Waals surface area contributed by atoms with E-state index in [1.807, 2.05) is 19.1 Å². The average molecular weight is 408 g/mol. The lowest BCUT2D eigenvalue weighted by molar-refractivity contribution is -0.121. The Kier molecular flexibility index (Phi) is 5.67. The van der Waals surface area contributed by atoms with E-state index in [1.54, 1.807) is 4.68 Å². The zero-order valence-corrected chi connectivity index (χ0v) is 17.7. The molecule has 29 heavy (non-hydrogen) atoms. The van der Waals surface area contributed by atoms with Crippen LogP contribution in [0.4, 0.5) is 0 Å². The van der Waals surface area contributed by atoms with Gasteiger partial charge in [-0.25, -0.2) is 0 Å². The van der Waals surface area contributed by atoms with Crippen LogP contribution in [0.1, 0.15) is 48.1 Å². The maximum absolute atomic E-state index is 12.9. The van der Waals surface area contributed by atoms with Crippen LogP contribution < -0.4 is 5.32 Å². The van der Waals surface area contributed by atoms with Gasteiger partial charge in [0.25, 0.3) is 0 Å². The number of aromatic nitrogens is 4. The van der Waals surface area contributed by atoms with Gasteiger partial charge in [-0.2, -0.15) is 4.68 Å². The minimum atomic E-state index is -0.305. The summed E-state index contributed by atoms with van der Waals surface area (Å²) in [6.45, 7) is 6.03. The molecule has 0 radical (unpaired) electrons. The fourth-order valence-electron chi connectivity index (χ4n) is 3.68. The fourth-order valence-corrected chi connectivity index (χ4v) is 4.49. The molecule has 2 atom stereocenters. The van der Waals surface area contributed by atoms with Crippen LogP contribution in [0.5, 0.6) is 0 Å². The van der Waals surface area contributed by atoms with E-state index in [2.05, 4.69) is 65.0 Å². The van der Waals surface area contributed by atoms with E-state index in [-0.39, 0.29) is 17.2 Å². The number of aryl methyl sites for hydroxylation is 3. The summed E-state index contributed by atoms with van der Waals surface area (Å²) in [5.41, 5.74) is 5.87. The summed E-state index contributed by atoms with van der Waals surface area (Å²) in [4.78, 5) is 12.9. The Bertz CT molecular complexity index is 1030. The standard InChI is InChI=1S/C22H25N5OS/c1-14-11-12-18(13-15(14)2)27-22(24-25-26-27)29-16(3)21(28)23-20-10-6-8-17-7-4-5-9-19(17)20/h4-5,7,9,11-13,16,20H,6,8,10H2,1-3H3,(H,23,28)/t16-,20-/m1/s1. The van der Waals surface area contributed by atoms with Crippen molar-refractivity contribution in [1.29, 1.82) is 0 Å². The van der Waals surface area contributed by atoms with E-state index in [4.69, 9.17) is 0 Å². The highest BCUT2D eigenvalue weighted by atomic mass is 32.2. The molecule has 0 bridgehead atoms. The molecule has 2 aromatic carbocycles. The molecule has 0 unspecified atom stereocenters. The van der Waals surface area contributed by atoms with Gasteiger partial charge >= 0.3 is 0 Å². The molecule has 6 nitrogen and oxygen atoms in total. The summed E-state index contributed by atoms with van der Waals surface area (Å²) in [5, 5.41) is 15.6. The van der Waals surface area contributed by atoms with Crippen molar-refractivity contribution < 1.29 is 4.79 Å². The summed E-state index contributed by atoms with van der Waals surface area (Å²) in [6, 6.07) is 14.6. The molecule has 1 heterocycles. The summed E-state index contributed by atoms with van der Waals surface area (Å²) < 4.78 is 1.69. The van der Waals surface area contributed by atoms with E-state index in [0.717, 1.165) is 24.9 Å². The second kappa shape index (κ2) is 8.37. The zero-order chi connectivity index (χ0) is 20.4. The van der Waals surface area contributed by atoms with Gasteiger partial charge < -0.3 is 5.32 Å². The van der Waals surface area contributed by atoms with Crippen molar-refractivity contribution in [2.24, 2.45) is 0 Å². The minimum Gasteiger partial charge on any atom is -0.348 e. The first-order valence-electron chi connectivity index (χ1n) is 9.94. The Balaban J connectivity index is 1.47. The van der Waals surface area contributed by atoms with Gasteiger partial charge in [0.05, 0.1) is 17.0 Å². The largest absolute Gasteiger partial charge is 0.348 e. The molecular formula is C22H25N5OS. The number of nitrogens with zero attached hydrogens (tertiary/aromatic N) is 4. The molecule has 1 aliphatic carbocycles. The van der Waals surface area contributed by atoms with Crippen LogP contribution in [0.3, 0.4) is 0 Å². The molecule has 1 aliphatic rings. The first-order valence-corrected chi connectivity index (χ1v) is 10.8. The molecule has 150 valence electrons. The fraction of sp³-hybridized carbons (Fsp3) is 0.364. The van der Waals surface area contributed by atoms with Crippen molar-refractivity contribution in [2.75, 3.05) is 0 Å². The van der Waals surface area contributed by atoms with Gasteiger partial charge in [0.15, 0.2) is 0 Å². The third-order valence-corrected chi connectivity index (χ3v) is 6.55. The number of rotatable bonds is 5. The van der Waals surface area contributed by atoms with Crippen LogP contribution in [0.2, 0.25) is 0 Å². The Hall–Kier alpha value is -2.67. The molecule has 0 spiro atoms. The van der Waals surface area contributed by atoms with Crippen molar-refractivity contribution in [3.8, 4) is 5.69 Å². The monoisotopic (exact) mass is 407 g/mol. The Morgan fingerprint density at radius 2 is 2.03 bits per heavy atom. The van der Waals surface area contributed by atoms with E-state index in [9.17, 15) is 4.79 Å². The number of fused-ring (bicyclic) bond motifs is 1. The number of nitrogens with one attached hydrogen (secondary N) is 1. The Morgan fingerprint density at radius 1 is 1.21 bits per heavy atom. The SMILES string of the molecule is Cc1ccc(-n2nnnc2S[C@H](C)C(=O)N[C@@H]2CCCc3ccccc32)cc1C. The number of tetrazole rings is 1. The van der Waals surface area contributed by atoms with Gasteiger partial charge in [-0.3, -0.25) is 4.79 Å². The number of hydrogen-bond donors (Lipinski definition) is 1. The first-order chi connectivity index (χ1) is 14.0. The van der Waals surface area contributed by atoms with Crippen LogP contribution in [0, 0.1) is 13.8 Å². The molecule has 1 aromatic heterocycles. The maximum atomic E-state index is 12.9. The second-order valence-corrected chi connectivity index (χ2v) is 8.86. The molecule has 0 saturated heterocycles. The molecule has 1 N–H and O–H groups in total. The smallest absolute Gasteiger partial charge is 0.233 e. The van der Waals surface area contributed by atoms with E-state index >= 15 is 0 Å². The van der Waals surface area contributed by atoms with Gasteiger partial charge in [-0.1, -0.05) is 42.1 Å². The molecule has 1 amide bonds. The summed E-state index contributed by atoms with van der Waals surface area (Å²) in [7, 11) is 0. The molecule has 0 saturated carbocycles. The van der Waals surface area contributed by atoms with E-state index < -0.39 is 0 Å². The number of carbonyl (C=O) groups is 1. The quantitative estimate of drug-likeness (QED) is 0.648. The van der Waals surface area contributed by atoms with Crippen LogP contribution >= 0.6 is 11.8 Å². The van der Waals surface area contributed by atoms with Crippen LogP contribution in [-0.2, 0) is 11.2 Å². The first kappa shape index (κ1) is 19.6. The summed E-state index contributed by atoms with van der Waals surface area (Å²) >= 11 is 1.37. The average Bonchev–Trinajstić information content (AvgIpc) is 3.18. The number of benzene rings is 2. The van der Waals surface area contributed by atoms with Gasteiger partial charge in [0.1, 0.15) is 0 Å². The van der Waals surface area contributed by atoms with Crippen molar-refractivity contribution in [2.45, 2.75) is 56.5 Å². The number of hydrogen-bond acceptors (Lipinski definition) is 5. The summed E-state index contributed by atoms with van der Waals surface area (Å²) in [6.07, 6.45) is 3.15. The van der Waals surface area contributed by atoms with Gasteiger partial charge in [0, 0.05) is 0 Å². The predicted octanol–water partition coefficient (Wildman–Crippen LogP) is 3.95. The van der Waals surface area contributed by atoms with Crippen LogP contribution in [-0.4, -0.2) is 31.4 Å². The molecule has 0 fully saturated rings. The van der Waals surface area contributed by atoms with Crippen molar-refractivity contribution >= 4 is 17.7 Å². The van der Waals surface area contributed by atoms with Crippen LogP contribution in [0.15, 0.2) is 47.6 Å². The zero-order valence-electron chi connectivity index (χ0n) is 16.9. The highest BCUT2D eigenvalue weighted by molar-refractivity contribution is 8.00. The van der Waals surface area contributed by atoms with Gasteiger partial charge in [-0.15, -0.1) is 5.10 Å². The lowest BCUT2D eigenvalue weighted by Crippen LogP contribution is -2.36. The Morgan fingerprint density at radius 3 is 2.86 bits per heavy atom. The van der Waals surface area contributed by atoms with Gasteiger partial charge in [0.2, 0.25) is 11.1 Å². The van der Waals surface area contributed by atoms with E-state index in [0.29, 0.717) is 5.16 Å². The predicted molar refractivity (Wildman–Crippen MR) is 114 cm³/mol. The molecule has 0 aliphatic heterocycles. The van der Waals surface area contributed by atoms with Crippen molar-refractivity contribution in [1.82, 2.24) is 25.5 Å². The third kappa shape index (κ3) is 4.19. The number of carbonyl (C=O) groups excluding carboxylic acids is 1. The third-order valence-electron chi connectivity index (χ3n) is 5.51. The molecule has 4 rings (SSSR count).